The SMILES string of the molecule is O=CC#Cc1c(F)cc(O)cc1F. The second-order valence-electron chi connectivity index (χ2n) is 2.17. The Morgan fingerprint density at radius 2 is 1.85 bits per heavy atom. The summed E-state index contributed by atoms with van der Waals surface area (Å²) in [7, 11) is 0. The molecule has 0 heterocycles. The van der Waals surface area contributed by atoms with Crippen molar-refractivity contribution in [2.45, 2.75) is 0 Å². The standard InChI is InChI=1S/C9H4F2O2/c10-8-4-6(13)5-9(11)7(8)2-1-3-12/h3-5,13H. The monoisotopic (exact) mass is 182 g/mol. The average Bonchev–Trinajstić information content (AvgIpc) is 2.02. The zero-order valence-corrected chi connectivity index (χ0v) is 6.34. The van der Waals surface area contributed by atoms with Gasteiger partial charge in [-0.05, 0) is 5.92 Å². The van der Waals surface area contributed by atoms with E-state index >= 15 is 0 Å². The molecule has 0 spiro atoms. The topological polar surface area (TPSA) is 37.3 Å². The fraction of sp³-hybridized carbons (Fsp3) is 0. The Bertz CT molecular complexity index is 379. The van der Waals surface area contributed by atoms with E-state index in [1.807, 2.05) is 11.8 Å². The number of carbonyl (C=O) groups is 1. The van der Waals surface area contributed by atoms with Crippen LogP contribution in [-0.4, -0.2) is 11.4 Å². The van der Waals surface area contributed by atoms with E-state index < -0.39 is 22.9 Å². The Labute approximate surface area is 72.8 Å². The molecule has 1 aromatic rings. The van der Waals surface area contributed by atoms with Gasteiger partial charge >= 0.3 is 0 Å². The highest BCUT2D eigenvalue weighted by Crippen LogP contribution is 2.18. The summed E-state index contributed by atoms with van der Waals surface area (Å²) >= 11 is 0. The van der Waals surface area contributed by atoms with E-state index in [0.29, 0.717) is 0 Å². The van der Waals surface area contributed by atoms with E-state index in [9.17, 15) is 13.6 Å². The Hall–Kier alpha value is -1.89. The lowest BCUT2D eigenvalue weighted by atomic mass is 10.2. The summed E-state index contributed by atoms with van der Waals surface area (Å²) in [6, 6.07) is 1.44. The van der Waals surface area contributed by atoms with Crippen LogP contribution in [0.5, 0.6) is 5.75 Å². The van der Waals surface area contributed by atoms with Crippen LogP contribution in [0.15, 0.2) is 12.1 Å². The maximum Gasteiger partial charge on any atom is 0.193 e. The van der Waals surface area contributed by atoms with Gasteiger partial charge in [-0.3, -0.25) is 4.79 Å². The number of aldehydes is 1. The zero-order valence-electron chi connectivity index (χ0n) is 6.34. The van der Waals surface area contributed by atoms with E-state index in [1.165, 1.54) is 0 Å². The Morgan fingerprint density at radius 3 is 2.31 bits per heavy atom. The largest absolute Gasteiger partial charge is 0.508 e. The van der Waals surface area contributed by atoms with Crippen LogP contribution in [0.25, 0.3) is 0 Å². The van der Waals surface area contributed by atoms with Gasteiger partial charge in [0.15, 0.2) is 6.29 Å². The zero-order chi connectivity index (χ0) is 9.84. The third kappa shape index (κ3) is 2.03. The van der Waals surface area contributed by atoms with E-state index in [-0.39, 0.29) is 6.29 Å². The molecule has 0 amide bonds. The van der Waals surface area contributed by atoms with Gasteiger partial charge < -0.3 is 5.11 Å². The van der Waals surface area contributed by atoms with Gasteiger partial charge in [0, 0.05) is 12.1 Å². The molecule has 0 aliphatic heterocycles. The molecule has 0 aromatic heterocycles. The molecule has 0 aliphatic carbocycles. The fourth-order valence-corrected chi connectivity index (χ4v) is 0.781. The number of halogens is 2. The predicted octanol–water partition coefficient (Wildman–Crippen LogP) is 1.22. The van der Waals surface area contributed by atoms with E-state index in [4.69, 9.17) is 5.11 Å². The summed E-state index contributed by atoms with van der Waals surface area (Å²) < 4.78 is 25.6. The van der Waals surface area contributed by atoms with Crippen molar-refractivity contribution in [1.82, 2.24) is 0 Å². The first-order valence-corrected chi connectivity index (χ1v) is 3.28. The highest BCUT2D eigenvalue weighted by molar-refractivity contribution is 5.74. The molecule has 0 radical (unpaired) electrons. The average molecular weight is 182 g/mol. The van der Waals surface area contributed by atoms with E-state index in [0.717, 1.165) is 12.1 Å². The van der Waals surface area contributed by atoms with Gasteiger partial charge in [-0.25, -0.2) is 8.78 Å². The van der Waals surface area contributed by atoms with E-state index in [1.54, 1.807) is 0 Å². The molecule has 1 rings (SSSR count). The molecule has 2 nitrogen and oxygen atoms in total. The van der Waals surface area contributed by atoms with Gasteiger partial charge in [0.05, 0.1) is 5.56 Å². The smallest absolute Gasteiger partial charge is 0.193 e. The molecule has 66 valence electrons. The second-order valence-corrected chi connectivity index (χ2v) is 2.17. The van der Waals surface area contributed by atoms with Crippen molar-refractivity contribution in [1.29, 1.82) is 0 Å². The summed E-state index contributed by atoms with van der Waals surface area (Å²) in [5.74, 6) is 1.34. The number of benzene rings is 1. The van der Waals surface area contributed by atoms with Crippen molar-refractivity contribution in [2.75, 3.05) is 0 Å². The van der Waals surface area contributed by atoms with Crippen LogP contribution in [-0.2, 0) is 4.79 Å². The molecule has 0 aliphatic rings. The third-order valence-electron chi connectivity index (χ3n) is 1.28. The normalized spacial score (nSPS) is 8.77. The molecule has 0 fully saturated rings. The van der Waals surface area contributed by atoms with Crippen LogP contribution < -0.4 is 0 Å². The molecular formula is C9H4F2O2. The first kappa shape index (κ1) is 9.20. The van der Waals surface area contributed by atoms with Crippen molar-refractivity contribution < 1.29 is 18.7 Å². The van der Waals surface area contributed by atoms with Gasteiger partial charge in [0.2, 0.25) is 0 Å². The third-order valence-corrected chi connectivity index (χ3v) is 1.28. The molecule has 13 heavy (non-hydrogen) atoms. The van der Waals surface area contributed by atoms with Crippen LogP contribution in [0, 0.1) is 23.5 Å². The van der Waals surface area contributed by atoms with Crippen LogP contribution in [0.2, 0.25) is 0 Å². The van der Waals surface area contributed by atoms with Crippen LogP contribution >= 0.6 is 0 Å². The molecular weight excluding hydrogens is 178 g/mol. The van der Waals surface area contributed by atoms with Gasteiger partial charge in [-0.1, -0.05) is 5.92 Å². The lowest BCUT2D eigenvalue weighted by Gasteiger charge is -1.97. The van der Waals surface area contributed by atoms with Gasteiger partial charge in [0.25, 0.3) is 0 Å². The molecule has 4 heteroatoms. The number of aromatic hydroxyl groups is 1. The number of hydrogen-bond donors (Lipinski definition) is 1. The summed E-state index contributed by atoms with van der Waals surface area (Å²) in [5, 5.41) is 8.75. The van der Waals surface area contributed by atoms with Crippen LogP contribution in [0.3, 0.4) is 0 Å². The minimum Gasteiger partial charge on any atom is -0.508 e. The van der Waals surface area contributed by atoms with Crippen molar-refractivity contribution in [3.63, 3.8) is 0 Å². The van der Waals surface area contributed by atoms with Gasteiger partial charge in [0.1, 0.15) is 17.4 Å². The van der Waals surface area contributed by atoms with E-state index in [2.05, 4.69) is 0 Å². The quantitative estimate of drug-likeness (QED) is 0.483. The highest BCUT2D eigenvalue weighted by atomic mass is 19.1. The molecule has 0 bridgehead atoms. The Kier molecular flexibility index (Phi) is 2.60. The van der Waals surface area contributed by atoms with Crippen molar-refractivity contribution >= 4 is 6.29 Å². The minimum atomic E-state index is -0.994. The van der Waals surface area contributed by atoms with Crippen LogP contribution in [0.1, 0.15) is 5.56 Å². The summed E-state index contributed by atoms with van der Waals surface area (Å²) in [4.78, 5) is 9.80. The molecule has 0 saturated carbocycles. The molecule has 1 N–H and O–H groups in total. The van der Waals surface area contributed by atoms with Gasteiger partial charge in [-0.2, -0.15) is 0 Å². The van der Waals surface area contributed by atoms with Crippen molar-refractivity contribution in [3.8, 4) is 17.6 Å². The van der Waals surface area contributed by atoms with Crippen molar-refractivity contribution in [3.05, 3.63) is 29.3 Å². The molecule has 0 atom stereocenters. The van der Waals surface area contributed by atoms with Crippen LogP contribution in [0.4, 0.5) is 8.78 Å². The first-order valence-electron chi connectivity index (χ1n) is 3.28. The fourth-order valence-electron chi connectivity index (χ4n) is 0.781. The predicted molar refractivity (Wildman–Crippen MR) is 41.0 cm³/mol. The number of carbonyl (C=O) groups excluding carboxylic acids is 1. The lowest BCUT2D eigenvalue weighted by Crippen LogP contribution is -1.89. The number of rotatable bonds is 0. The minimum absolute atomic E-state index is 0.228. The summed E-state index contributed by atoms with van der Waals surface area (Å²) in [6.07, 6.45) is 0.228. The van der Waals surface area contributed by atoms with Crippen molar-refractivity contribution in [2.24, 2.45) is 0 Å². The lowest BCUT2D eigenvalue weighted by molar-refractivity contribution is -0.103. The number of hydrogen-bond acceptors (Lipinski definition) is 2. The maximum atomic E-state index is 12.8. The number of phenolic OH excluding ortho intramolecular Hbond substituents is 1. The second kappa shape index (κ2) is 3.68. The Morgan fingerprint density at radius 1 is 1.31 bits per heavy atom. The number of phenols is 1. The highest BCUT2D eigenvalue weighted by Gasteiger charge is 2.07. The molecule has 0 saturated heterocycles. The molecule has 0 unspecified atom stereocenters. The summed E-state index contributed by atoms with van der Waals surface area (Å²) in [5.41, 5.74) is -0.523. The van der Waals surface area contributed by atoms with Gasteiger partial charge in [-0.15, -0.1) is 0 Å². The first-order chi connectivity index (χ1) is 6.15. The molecule has 1 aromatic carbocycles. The summed E-state index contributed by atoms with van der Waals surface area (Å²) in [6.45, 7) is 0. The maximum absolute atomic E-state index is 12.8. The Balaban J connectivity index is 3.28.